The molecule has 0 radical (unpaired) electrons. The number of aryl methyl sites for hydroxylation is 1. The first-order valence-corrected chi connectivity index (χ1v) is 10.6. The molecule has 3 aromatic rings. The van der Waals surface area contributed by atoms with Gasteiger partial charge >= 0.3 is 5.97 Å². The summed E-state index contributed by atoms with van der Waals surface area (Å²) in [6, 6.07) is 11.2. The van der Waals surface area contributed by atoms with Gasteiger partial charge in [-0.3, -0.25) is 0 Å². The summed E-state index contributed by atoms with van der Waals surface area (Å²) in [5.41, 5.74) is 8.09. The van der Waals surface area contributed by atoms with Crippen molar-refractivity contribution in [1.82, 2.24) is 9.99 Å². The Balaban J connectivity index is 1.69. The standard InChI is InChI=1S/C24H29N3O4/c1-4-31-18-10-12-27(20(14-18)16-5-7-17(8-6-16)24(28)29)26-23-19-9-11-25-22(19)15(2)13-21(23)30-3/h5-9,11,13,18,20,25-26H,4,10,12,14H2,1-3H3,(H,28,29)/t18-,20-/m0/s1. The Hall–Kier alpha value is -3.03. The van der Waals surface area contributed by atoms with Crippen LogP contribution in [0, 0.1) is 6.92 Å². The molecule has 164 valence electrons. The monoisotopic (exact) mass is 423 g/mol. The third-order valence-electron chi connectivity index (χ3n) is 5.98. The van der Waals surface area contributed by atoms with Crippen molar-refractivity contribution in [3.8, 4) is 5.75 Å². The number of aromatic nitrogens is 1. The zero-order valence-corrected chi connectivity index (χ0v) is 18.1. The molecule has 0 saturated carbocycles. The molecule has 4 rings (SSSR count). The zero-order chi connectivity index (χ0) is 22.0. The summed E-state index contributed by atoms with van der Waals surface area (Å²) in [5, 5.41) is 12.5. The minimum atomic E-state index is -0.920. The third-order valence-corrected chi connectivity index (χ3v) is 5.98. The molecular formula is C24H29N3O4. The number of fused-ring (bicyclic) bond motifs is 1. The zero-order valence-electron chi connectivity index (χ0n) is 18.1. The number of rotatable bonds is 7. The lowest BCUT2D eigenvalue weighted by molar-refractivity contribution is -0.00365. The molecule has 7 nitrogen and oxygen atoms in total. The van der Waals surface area contributed by atoms with Gasteiger partial charge in [0.1, 0.15) is 11.4 Å². The lowest BCUT2D eigenvalue weighted by Gasteiger charge is -2.40. The van der Waals surface area contributed by atoms with Gasteiger partial charge in [0.2, 0.25) is 0 Å². The molecular weight excluding hydrogens is 394 g/mol. The molecule has 2 aromatic carbocycles. The number of aromatic carboxylic acids is 1. The van der Waals surface area contributed by atoms with E-state index in [0.717, 1.165) is 52.9 Å². The minimum absolute atomic E-state index is 0.0353. The Morgan fingerprint density at radius 2 is 2.06 bits per heavy atom. The second kappa shape index (κ2) is 8.99. The first-order chi connectivity index (χ1) is 15.0. The number of hydrazine groups is 1. The van der Waals surface area contributed by atoms with E-state index in [0.29, 0.717) is 6.61 Å². The number of nitrogens with one attached hydrogen (secondary N) is 2. The molecule has 1 aliphatic heterocycles. The number of nitrogens with zero attached hydrogens (tertiary/aromatic N) is 1. The molecule has 7 heteroatoms. The maximum absolute atomic E-state index is 11.3. The number of benzene rings is 2. The Morgan fingerprint density at radius 3 is 2.74 bits per heavy atom. The van der Waals surface area contributed by atoms with Gasteiger partial charge in [0.05, 0.1) is 30.3 Å². The van der Waals surface area contributed by atoms with E-state index in [1.807, 2.05) is 31.3 Å². The van der Waals surface area contributed by atoms with Gasteiger partial charge in [0.15, 0.2) is 0 Å². The van der Waals surface area contributed by atoms with Crippen molar-refractivity contribution in [2.75, 3.05) is 25.7 Å². The van der Waals surface area contributed by atoms with Gasteiger partial charge in [-0.25, -0.2) is 9.80 Å². The maximum Gasteiger partial charge on any atom is 0.335 e. The highest BCUT2D eigenvalue weighted by Crippen LogP contribution is 2.39. The molecule has 0 spiro atoms. The Kier molecular flexibility index (Phi) is 6.15. The number of aromatic amines is 1. The highest BCUT2D eigenvalue weighted by Gasteiger charge is 2.31. The smallest absolute Gasteiger partial charge is 0.335 e. The number of carboxylic acid groups (broad SMARTS) is 1. The molecule has 31 heavy (non-hydrogen) atoms. The maximum atomic E-state index is 11.3. The molecule has 0 aliphatic carbocycles. The van der Waals surface area contributed by atoms with Gasteiger partial charge in [0, 0.05) is 24.7 Å². The fourth-order valence-electron chi connectivity index (χ4n) is 4.42. The second-order valence-corrected chi connectivity index (χ2v) is 7.89. The third kappa shape index (κ3) is 4.24. The van der Waals surface area contributed by atoms with Crippen LogP contribution in [-0.4, -0.2) is 47.4 Å². The van der Waals surface area contributed by atoms with Crippen LogP contribution in [0.3, 0.4) is 0 Å². The van der Waals surface area contributed by atoms with Gasteiger partial charge in [-0.15, -0.1) is 0 Å². The van der Waals surface area contributed by atoms with Gasteiger partial charge in [0.25, 0.3) is 0 Å². The summed E-state index contributed by atoms with van der Waals surface area (Å²) in [5.74, 6) is -0.131. The predicted octanol–water partition coefficient (Wildman–Crippen LogP) is 4.75. The van der Waals surface area contributed by atoms with Crippen LogP contribution in [0.4, 0.5) is 5.69 Å². The summed E-state index contributed by atoms with van der Waals surface area (Å²) in [6.45, 7) is 5.55. The van der Waals surface area contributed by atoms with Crippen LogP contribution in [0.25, 0.3) is 10.9 Å². The van der Waals surface area contributed by atoms with Crippen LogP contribution in [0.2, 0.25) is 0 Å². The molecule has 1 aromatic heterocycles. The summed E-state index contributed by atoms with van der Waals surface area (Å²) in [7, 11) is 1.68. The van der Waals surface area contributed by atoms with E-state index < -0.39 is 5.97 Å². The molecule has 2 heterocycles. The van der Waals surface area contributed by atoms with E-state index in [4.69, 9.17) is 9.47 Å². The van der Waals surface area contributed by atoms with Crippen LogP contribution < -0.4 is 10.2 Å². The molecule has 0 amide bonds. The molecule has 0 unspecified atom stereocenters. The van der Waals surface area contributed by atoms with E-state index in [1.165, 1.54) is 0 Å². The highest BCUT2D eigenvalue weighted by molar-refractivity contribution is 5.97. The molecule has 2 atom stereocenters. The second-order valence-electron chi connectivity index (χ2n) is 7.89. The molecule has 1 aliphatic rings. The highest BCUT2D eigenvalue weighted by atomic mass is 16.5. The largest absolute Gasteiger partial charge is 0.495 e. The quantitative estimate of drug-likeness (QED) is 0.508. The average molecular weight is 424 g/mol. The fourth-order valence-corrected chi connectivity index (χ4v) is 4.42. The first kappa shape index (κ1) is 21.2. The summed E-state index contributed by atoms with van der Waals surface area (Å²) in [4.78, 5) is 14.6. The average Bonchev–Trinajstić information content (AvgIpc) is 3.27. The molecule has 0 bridgehead atoms. The van der Waals surface area contributed by atoms with Crippen molar-refractivity contribution < 1.29 is 19.4 Å². The first-order valence-electron chi connectivity index (χ1n) is 10.6. The predicted molar refractivity (Wildman–Crippen MR) is 121 cm³/mol. The Bertz CT molecular complexity index is 1060. The van der Waals surface area contributed by atoms with Gasteiger partial charge in [-0.2, -0.15) is 0 Å². The lowest BCUT2D eigenvalue weighted by Crippen LogP contribution is -2.43. The van der Waals surface area contributed by atoms with Crippen molar-refractivity contribution >= 4 is 22.6 Å². The number of carboxylic acids is 1. The SMILES string of the molecule is CCO[C@H]1CCN(Nc2c(OC)cc(C)c3[nH]ccc23)[C@H](c2ccc(C(=O)O)cc2)C1. The molecule has 3 N–H and O–H groups in total. The topological polar surface area (TPSA) is 86.8 Å². The Morgan fingerprint density at radius 1 is 1.29 bits per heavy atom. The van der Waals surface area contributed by atoms with Crippen molar-refractivity contribution in [2.45, 2.75) is 38.8 Å². The van der Waals surface area contributed by atoms with E-state index >= 15 is 0 Å². The summed E-state index contributed by atoms with van der Waals surface area (Å²) in [6.07, 6.45) is 3.83. The number of hydrogen-bond donors (Lipinski definition) is 3. The summed E-state index contributed by atoms with van der Waals surface area (Å²) >= 11 is 0. The minimum Gasteiger partial charge on any atom is -0.495 e. The van der Waals surface area contributed by atoms with E-state index in [9.17, 15) is 9.90 Å². The van der Waals surface area contributed by atoms with Crippen LogP contribution in [0.1, 0.15) is 47.3 Å². The lowest BCUT2D eigenvalue weighted by atomic mass is 9.94. The van der Waals surface area contributed by atoms with Crippen molar-refractivity contribution in [2.24, 2.45) is 0 Å². The number of methoxy groups -OCH3 is 1. The number of ether oxygens (including phenoxy) is 2. The van der Waals surface area contributed by atoms with E-state index in [1.54, 1.807) is 19.2 Å². The number of anilines is 1. The number of H-pyrrole nitrogens is 1. The van der Waals surface area contributed by atoms with E-state index in [-0.39, 0.29) is 17.7 Å². The van der Waals surface area contributed by atoms with Gasteiger partial charge in [-0.05, 0) is 62.1 Å². The summed E-state index contributed by atoms with van der Waals surface area (Å²) < 4.78 is 11.6. The van der Waals surface area contributed by atoms with Crippen LogP contribution >= 0.6 is 0 Å². The number of piperidine rings is 1. The van der Waals surface area contributed by atoms with Gasteiger partial charge < -0.3 is 25.0 Å². The number of hydrogen-bond acceptors (Lipinski definition) is 5. The van der Waals surface area contributed by atoms with Crippen LogP contribution in [0.15, 0.2) is 42.6 Å². The van der Waals surface area contributed by atoms with Crippen molar-refractivity contribution in [1.29, 1.82) is 0 Å². The van der Waals surface area contributed by atoms with Gasteiger partial charge in [-0.1, -0.05) is 12.1 Å². The molecule has 1 fully saturated rings. The normalized spacial score (nSPS) is 19.5. The van der Waals surface area contributed by atoms with E-state index in [2.05, 4.69) is 28.4 Å². The van der Waals surface area contributed by atoms with Crippen molar-refractivity contribution in [3.63, 3.8) is 0 Å². The van der Waals surface area contributed by atoms with Crippen LogP contribution in [0.5, 0.6) is 5.75 Å². The van der Waals surface area contributed by atoms with Crippen molar-refractivity contribution in [3.05, 3.63) is 59.3 Å². The molecule has 1 saturated heterocycles. The Labute approximate surface area is 181 Å². The fraction of sp³-hybridized carbons (Fsp3) is 0.375. The number of carbonyl (C=O) groups is 1. The van der Waals surface area contributed by atoms with Crippen LogP contribution in [-0.2, 0) is 4.74 Å².